The molecule has 126 valence electrons. The first-order valence-corrected chi connectivity index (χ1v) is 8.07. The first kappa shape index (κ1) is 17.5. The van der Waals surface area contributed by atoms with Gasteiger partial charge in [-0.1, -0.05) is 30.7 Å². The summed E-state index contributed by atoms with van der Waals surface area (Å²) >= 11 is 0. The molecular formula is C19H23N3O2. The number of rotatable bonds is 7. The van der Waals surface area contributed by atoms with Crippen LogP contribution in [0.2, 0.25) is 0 Å². The van der Waals surface area contributed by atoms with E-state index in [0.29, 0.717) is 12.1 Å². The maximum atomic E-state index is 12.0. The minimum absolute atomic E-state index is 0.107. The smallest absolute Gasteiger partial charge is 0.251 e. The Bertz CT molecular complexity index is 696. The van der Waals surface area contributed by atoms with Crippen LogP contribution in [0.5, 0.6) is 0 Å². The first-order valence-electron chi connectivity index (χ1n) is 8.07. The highest BCUT2D eigenvalue weighted by Gasteiger charge is 2.06. The van der Waals surface area contributed by atoms with Crippen molar-refractivity contribution in [2.45, 2.75) is 20.3 Å². The second kappa shape index (κ2) is 8.72. The van der Waals surface area contributed by atoms with Gasteiger partial charge in [0, 0.05) is 23.5 Å². The summed E-state index contributed by atoms with van der Waals surface area (Å²) in [5.41, 5.74) is 3.22. The van der Waals surface area contributed by atoms with Crippen LogP contribution in [0.4, 0.5) is 11.4 Å². The van der Waals surface area contributed by atoms with Gasteiger partial charge in [0.1, 0.15) is 0 Å². The molecule has 2 amide bonds. The summed E-state index contributed by atoms with van der Waals surface area (Å²) in [6, 6.07) is 14.7. The number of anilines is 2. The molecule has 5 heteroatoms. The molecule has 0 aliphatic rings. The van der Waals surface area contributed by atoms with E-state index in [0.717, 1.165) is 23.4 Å². The molecule has 0 aliphatic heterocycles. The third kappa shape index (κ3) is 5.43. The minimum atomic E-state index is -0.139. The van der Waals surface area contributed by atoms with E-state index in [2.05, 4.69) is 16.0 Å². The lowest BCUT2D eigenvalue weighted by molar-refractivity contribution is -0.114. The minimum Gasteiger partial charge on any atom is -0.376 e. The van der Waals surface area contributed by atoms with E-state index in [-0.39, 0.29) is 18.4 Å². The number of carbonyl (C=O) groups is 2. The molecule has 0 heterocycles. The zero-order valence-electron chi connectivity index (χ0n) is 14.1. The molecule has 0 aromatic heterocycles. The number of carbonyl (C=O) groups excluding carboxylic acids is 2. The van der Waals surface area contributed by atoms with Crippen molar-refractivity contribution in [1.29, 1.82) is 0 Å². The van der Waals surface area contributed by atoms with E-state index in [1.807, 2.05) is 44.2 Å². The fourth-order valence-corrected chi connectivity index (χ4v) is 2.14. The highest BCUT2D eigenvalue weighted by Crippen LogP contribution is 2.11. The van der Waals surface area contributed by atoms with E-state index >= 15 is 0 Å². The van der Waals surface area contributed by atoms with Crippen LogP contribution in [0, 0.1) is 6.92 Å². The Morgan fingerprint density at radius 2 is 1.75 bits per heavy atom. The third-order valence-corrected chi connectivity index (χ3v) is 3.45. The van der Waals surface area contributed by atoms with Crippen LogP contribution in [0.3, 0.4) is 0 Å². The molecule has 2 aromatic rings. The zero-order valence-corrected chi connectivity index (χ0v) is 14.1. The molecule has 0 atom stereocenters. The number of hydrogen-bond donors (Lipinski definition) is 3. The van der Waals surface area contributed by atoms with Gasteiger partial charge in [0.25, 0.3) is 5.91 Å². The van der Waals surface area contributed by atoms with Crippen molar-refractivity contribution in [3.05, 3.63) is 59.7 Å². The van der Waals surface area contributed by atoms with Crippen molar-refractivity contribution in [3.63, 3.8) is 0 Å². The molecule has 0 bridgehead atoms. The van der Waals surface area contributed by atoms with Crippen molar-refractivity contribution in [2.24, 2.45) is 0 Å². The normalized spacial score (nSPS) is 10.1. The SMILES string of the molecule is CCCNC(=O)c1cccc(NCC(=O)Nc2ccc(C)cc2)c1. The predicted octanol–water partition coefficient (Wildman–Crippen LogP) is 3.19. The number of aryl methyl sites for hydroxylation is 1. The zero-order chi connectivity index (χ0) is 17.4. The van der Waals surface area contributed by atoms with Crippen LogP contribution < -0.4 is 16.0 Å². The molecule has 0 fully saturated rings. The average molecular weight is 325 g/mol. The molecule has 2 rings (SSSR count). The summed E-state index contributed by atoms with van der Waals surface area (Å²) in [7, 11) is 0. The van der Waals surface area contributed by atoms with Crippen LogP contribution in [0.25, 0.3) is 0 Å². The maximum Gasteiger partial charge on any atom is 0.251 e. The second-order valence-electron chi connectivity index (χ2n) is 5.60. The van der Waals surface area contributed by atoms with Gasteiger partial charge in [-0.3, -0.25) is 9.59 Å². The van der Waals surface area contributed by atoms with E-state index in [4.69, 9.17) is 0 Å². The first-order chi connectivity index (χ1) is 11.6. The highest BCUT2D eigenvalue weighted by molar-refractivity contribution is 5.96. The van der Waals surface area contributed by atoms with Gasteiger partial charge >= 0.3 is 0 Å². The number of nitrogens with one attached hydrogen (secondary N) is 3. The Labute approximate surface area is 142 Å². The summed E-state index contributed by atoms with van der Waals surface area (Å²) in [4.78, 5) is 23.9. The fourth-order valence-electron chi connectivity index (χ4n) is 2.14. The Balaban J connectivity index is 1.88. The Morgan fingerprint density at radius 3 is 2.46 bits per heavy atom. The molecular weight excluding hydrogens is 302 g/mol. The quantitative estimate of drug-likeness (QED) is 0.732. The second-order valence-corrected chi connectivity index (χ2v) is 5.60. The van der Waals surface area contributed by atoms with Gasteiger partial charge in [0.15, 0.2) is 0 Å². The van der Waals surface area contributed by atoms with Crippen LogP contribution in [-0.2, 0) is 4.79 Å². The summed E-state index contributed by atoms with van der Waals surface area (Å²) in [5.74, 6) is -0.246. The van der Waals surface area contributed by atoms with Gasteiger partial charge in [-0.2, -0.15) is 0 Å². The number of amides is 2. The Morgan fingerprint density at radius 1 is 1.00 bits per heavy atom. The highest BCUT2D eigenvalue weighted by atomic mass is 16.2. The average Bonchev–Trinajstić information content (AvgIpc) is 2.60. The molecule has 0 saturated carbocycles. The topological polar surface area (TPSA) is 70.2 Å². The van der Waals surface area contributed by atoms with Gasteiger partial charge in [0.2, 0.25) is 5.91 Å². The standard InChI is InChI=1S/C19H23N3O2/c1-3-11-20-19(24)15-5-4-6-17(12-15)21-13-18(23)22-16-9-7-14(2)8-10-16/h4-10,12,21H,3,11,13H2,1-2H3,(H,20,24)(H,22,23). The third-order valence-electron chi connectivity index (χ3n) is 3.45. The summed E-state index contributed by atoms with van der Waals surface area (Å²) in [6.45, 7) is 4.78. The molecule has 24 heavy (non-hydrogen) atoms. The summed E-state index contributed by atoms with van der Waals surface area (Å²) < 4.78 is 0. The fraction of sp³-hybridized carbons (Fsp3) is 0.263. The van der Waals surface area contributed by atoms with Crippen molar-refractivity contribution in [1.82, 2.24) is 5.32 Å². The van der Waals surface area contributed by atoms with Crippen molar-refractivity contribution in [3.8, 4) is 0 Å². The van der Waals surface area contributed by atoms with E-state index < -0.39 is 0 Å². The molecule has 2 aromatic carbocycles. The van der Waals surface area contributed by atoms with Gasteiger partial charge in [-0.05, 0) is 43.7 Å². The Hall–Kier alpha value is -2.82. The lowest BCUT2D eigenvalue weighted by Crippen LogP contribution is -2.24. The van der Waals surface area contributed by atoms with Crippen molar-refractivity contribution in [2.75, 3.05) is 23.7 Å². The van der Waals surface area contributed by atoms with E-state index in [9.17, 15) is 9.59 Å². The van der Waals surface area contributed by atoms with Crippen molar-refractivity contribution < 1.29 is 9.59 Å². The molecule has 0 saturated heterocycles. The molecule has 0 spiro atoms. The summed E-state index contributed by atoms with van der Waals surface area (Å²) in [6.07, 6.45) is 0.892. The van der Waals surface area contributed by atoms with E-state index in [1.54, 1.807) is 18.2 Å². The summed E-state index contributed by atoms with van der Waals surface area (Å²) in [5, 5.41) is 8.69. The van der Waals surface area contributed by atoms with E-state index in [1.165, 1.54) is 0 Å². The lowest BCUT2D eigenvalue weighted by Gasteiger charge is -2.09. The lowest BCUT2D eigenvalue weighted by atomic mass is 10.2. The van der Waals surface area contributed by atoms with Crippen LogP contribution in [-0.4, -0.2) is 24.9 Å². The molecule has 5 nitrogen and oxygen atoms in total. The number of benzene rings is 2. The van der Waals surface area contributed by atoms with Crippen LogP contribution in [0.1, 0.15) is 29.3 Å². The largest absolute Gasteiger partial charge is 0.376 e. The van der Waals surface area contributed by atoms with Gasteiger partial charge < -0.3 is 16.0 Å². The maximum absolute atomic E-state index is 12.0. The molecule has 0 radical (unpaired) electrons. The number of hydrogen-bond acceptors (Lipinski definition) is 3. The van der Waals surface area contributed by atoms with Gasteiger partial charge in [-0.15, -0.1) is 0 Å². The van der Waals surface area contributed by atoms with Crippen LogP contribution >= 0.6 is 0 Å². The molecule has 3 N–H and O–H groups in total. The Kier molecular flexibility index (Phi) is 6.37. The molecule has 0 unspecified atom stereocenters. The van der Waals surface area contributed by atoms with Crippen LogP contribution in [0.15, 0.2) is 48.5 Å². The van der Waals surface area contributed by atoms with Crippen molar-refractivity contribution >= 4 is 23.2 Å². The molecule has 0 aliphatic carbocycles. The van der Waals surface area contributed by atoms with Gasteiger partial charge in [-0.25, -0.2) is 0 Å². The monoisotopic (exact) mass is 325 g/mol. The predicted molar refractivity (Wildman–Crippen MR) is 97.4 cm³/mol. The van der Waals surface area contributed by atoms with Gasteiger partial charge in [0.05, 0.1) is 6.54 Å².